The lowest BCUT2D eigenvalue weighted by Crippen LogP contribution is -2.13. The molecule has 0 amide bonds. The minimum absolute atomic E-state index is 0.409. The average Bonchev–Trinajstić information content (AvgIpc) is 2.79. The van der Waals surface area contributed by atoms with Gasteiger partial charge >= 0.3 is 0 Å². The Morgan fingerprint density at radius 3 is 2.65 bits per heavy atom. The largest absolute Gasteiger partial charge is 0.416 e. The van der Waals surface area contributed by atoms with Crippen LogP contribution in [-0.4, -0.2) is 16.8 Å². The van der Waals surface area contributed by atoms with Gasteiger partial charge in [-0.15, -0.1) is 11.6 Å². The van der Waals surface area contributed by atoms with Gasteiger partial charge in [-0.05, 0) is 12.0 Å². The van der Waals surface area contributed by atoms with Crippen LogP contribution in [0.5, 0.6) is 0 Å². The second-order valence-electron chi connectivity index (χ2n) is 3.76. The number of halogens is 1. The molecule has 0 aliphatic rings. The fraction of sp³-hybridized carbons (Fsp3) is 0.308. The van der Waals surface area contributed by atoms with E-state index >= 15 is 0 Å². The van der Waals surface area contributed by atoms with Crippen molar-refractivity contribution in [2.45, 2.75) is 18.7 Å². The van der Waals surface area contributed by atoms with Crippen LogP contribution in [0.1, 0.15) is 17.1 Å². The number of aryl methyl sites for hydroxylation is 2. The predicted octanol–water partition coefficient (Wildman–Crippen LogP) is 2.47. The van der Waals surface area contributed by atoms with Gasteiger partial charge in [-0.2, -0.15) is 4.73 Å². The Hall–Kier alpha value is -1.48. The van der Waals surface area contributed by atoms with E-state index in [0.29, 0.717) is 5.88 Å². The fourth-order valence-corrected chi connectivity index (χ4v) is 1.98. The van der Waals surface area contributed by atoms with Gasteiger partial charge in [0.25, 0.3) is 0 Å². The normalized spacial score (nSPS) is 10.5. The van der Waals surface area contributed by atoms with Crippen molar-refractivity contribution in [1.29, 1.82) is 0 Å². The van der Waals surface area contributed by atoms with Crippen LogP contribution in [0.4, 0.5) is 0 Å². The van der Waals surface area contributed by atoms with E-state index in [1.54, 1.807) is 18.0 Å². The Bertz CT molecular complexity index is 468. The molecule has 0 spiro atoms. The molecule has 0 fully saturated rings. The Morgan fingerprint density at radius 1 is 1.24 bits per heavy atom. The van der Waals surface area contributed by atoms with Gasteiger partial charge in [0.05, 0.1) is 17.8 Å². The maximum absolute atomic E-state index is 5.80. The van der Waals surface area contributed by atoms with Crippen LogP contribution in [0.25, 0.3) is 0 Å². The summed E-state index contributed by atoms with van der Waals surface area (Å²) in [5.41, 5.74) is 2.18. The summed E-state index contributed by atoms with van der Waals surface area (Å²) < 4.78 is 1.70. The molecule has 2 rings (SSSR count). The molecule has 0 unspecified atom stereocenters. The zero-order chi connectivity index (χ0) is 12.1. The first-order chi connectivity index (χ1) is 8.35. The van der Waals surface area contributed by atoms with E-state index in [1.165, 1.54) is 5.56 Å². The van der Waals surface area contributed by atoms with Crippen LogP contribution < -0.4 is 4.84 Å². The van der Waals surface area contributed by atoms with E-state index in [2.05, 4.69) is 17.1 Å². The highest BCUT2D eigenvalue weighted by Gasteiger charge is 2.09. The predicted molar refractivity (Wildman–Crippen MR) is 68.1 cm³/mol. The first-order valence-corrected chi connectivity index (χ1v) is 6.08. The van der Waals surface area contributed by atoms with Crippen LogP contribution in [-0.2, 0) is 18.7 Å². The number of alkyl halides is 1. The van der Waals surface area contributed by atoms with Crippen LogP contribution in [0, 0.1) is 0 Å². The minimum atomic E-state index is 0.409. The number of hydrogen-bond donors (Lipinski definition) is 0. The fourth-order valence-electron chi connectivity index (χ4n) is 1.80. The van der Waals surface area contributed by atoms with Crippen molar-refractivity contribution in [1.82, 2.24) is 9.71 Å². The number of rotatable bonds is 5. The summed E-state index contributed by atoms with van der Waals surface area (Å²) in [6.45, 7) is 0. The molecule has 4 heteroatoms. The molecule has 0 N–H and O–H groups in total. The van der Waals surface area contributed by atoms with Gasteiger partial charge < -0.3 is 4.84 Å². The molecule has 0 bridgehead atoms. The van der Waals surface area contributed by atoms with Crippen molar-refractivity contribution in [2.24, 2.45) is 0 Å². The maximum atomic E-state index is 5.80. The lowest BCUT2D eigenvalue weighted by molar-refractivity contribution is 0.152. The van der Waals surface area contributed by atoms with Crippen LogP contribution in [0.2, 0.25) is 0 Å². The second kappa shape index (κ2) is 5.73. The van der Waals surface area contributed by atoms with E-state index in [4.69, 9.17) is 16.4 Å². The van der Waals surface area contributed by atoms with Crippen LogP contribution >= 0.6 is 11.6 Å². The standard InChI is InChI=1S/C13H15ClN2O/c1-17-16-12(9-14)10-15-13(16)8-7-11-5-3-2-4-6-11/h2-6,10H,7-9H2,1H3. The van der Waals surface area contributed by atoms with E-state index in [-0.39, 0.29) is 0 Å². The van der Waals surface area contributed by atoms with Crippen molar-refractivity contribution >= 4 is 11.6 Å². The van der Waals surface area contributed by atoms with Gasteiger partial charge in [0.1, 0.15) is 12.9 Å². The minimum Gasteiger partial charge on any atom is -0.416 e. The van der Waals surface area contributed by atoms with Crippen molar-refractivity contribution < 1.29 is 4.84 Å². The molecule has 0 radical (unpaired) electrons. The van der Waals surface area contributed by atoms with Gasteiger partial charge in [0, 0.05) is 6.42 Å². The Labute approximate surface area is 106 Å². The van der Waals surface area contributed by atoms with E-state index < -0.39 is 0 Å². The summed E-state index contributed by atoms with van der Waals surface area (Å²) in [5, 5.41) is 0. The zero-order valence-corrected chi connectivity index (χ0v) is 10.5. The lowest BCUT2D eigenvalue weighted by Gasteiger charge is -2.08. The van der Waals surface area contributed by atoms with Gasteiger partial charge in [-0.3, -0.25) is 0 Å². The first kappa shape index (κ1) is 12.0. The number of aromatic nitrogens is 2. The van der Waals surface area contributed by atoms with Crippen LogP contribution in [0.3, 0.4) is 0 Å². The second-order valence-corrected chi connectivity index (χ2v) is 4.03. The van der Waals surface area contributed by atoms with Crippen LogP contribution in [0.15, 0.2) is 36.5 Å². The molecule has 1 aromatic heterocycles. The molecule has 17 heavy (non-hydrogen) atoms. The van der Waals surface area contributed by atoms with Crippen molar-refractivity contribution in [3.63, 3.8) is 0 Å². The highest BCUT2D eigenvalue weighted by molar-refractivity contribution is 6.16. The Balaban J connectivity index is 2.06. The number of benzene rings is 1. The summed E-state index contributed by atoms with van der Waals surface area (Å²) in [7, 11) is 1.63. The monoisotopic (exact) mass is 250 g/mol. The molecule has 0 saturated carbocycles. The summed E-state index contributed by atoms with van der Waals surface area (Å²) in [6.07, 6.45) is 3.55. The quantitative estimate of drug-likeness (QED) is 0.763. The molecule has 90 valence electrons. The van der Waals surface area contributed by atoms with Gasteiger partial charge in [0.15, 0.2) is 0 Å². The van der Waals surface area contributed by atoms with E-state index in [1.807, 2.05) is 18.2 Å². The molecule has 3 nitrogen and oxygen atoms in total. The first-order valence-electron chi connectivity index (χ1n) is 5.55. The molecule has 0 aliphatic carbocycles. The summed E-state index contributed by atoms with van der Waals surface area (Å²) in [6, 6.07) is 10.3. The summed E-state index contributed by atoms with van der Waals surface area (Å²) >= 11 is 5.80. The molecule has 1 aromatic carbocycles. The average molecular weight is 251 g/mol. The molecular weight excluding hydrogens is 236 g/mol. The highest BCUT2D eigenvalue weighted by atomic mass is 35.5. The van der Waals surface area contributed by atoms with Gasteiger partial charge in [-0.1, -0.05) is 30.3 Å². The van der Waals surface area contributed by atoms with E-state index in [0.717, 1.165) is 24.4 Å². The summed E-state index contributed by atoms with van der Waals surface area (Å²) in [4.78, 5) is 9.59. The smallest absolute Gasteiger partial charge is 0.145 e. The number of nitrogens with zero attached hydrogens (tertiary/aromatic N) is 2. The molecule has 0 aliphatic heterocycles. The number of hydrogen-bond acceptors (Lipinski definition) is 2. The van der Waals surface area contributed by atoms with Gasteiger partial charge in [-0.25, -0.2) is 4.98 Å². The molecule has 2 aromatic rings. The third-order valence-electron chi connectivity index (χ3n) is 2.66. The topological polar surface area (TPSA) is 27.1 Å². The molecule has 1 heterocycles. The molecule has 0 saturated heterocycles. The van der Waals surface area contributed by atoms with Crippen molar-refractivity contribution in [3.8, 4) is 0 Å². The third-order valence-corrected chi connectivity index (χ3v) is 2.93. The Kier molecular flexibility index (Phi) is 4.04. The van der Waals surface area contributed by atoms with Gasteiger partial charge in [0.2, 0.25) is 0 Å². The maximum Gasteiger partial charge on any atom is 0.145 e. The lowest BCUT2D eigenvalue weighted by atomic mass is 10.1. The zero-order valence-electron chi connectivity index (χ0n) is 9.77. The Morgan fingerprint density at radius 2 is 2.00 bits per heavy atom. The SMILES string of the molecule is COn1c(CCl)cnc1CCc1ccccc1. The van der Waals surface area contributed by atoms with E-state index in [9.17, 15) is 0 Å². The van der Waals surface area contributed by atoms with Crippen molar-refractivity contribution in [3.05, 3.63) is 53.6 Å². The number of imidazole rings is 1. The molecule has 0 atom stereocenters. The molecular formula is C13H15ClN2O. The third kappa shape index (κ3) is 2.80. The highest BCUT2D eigenvalue weighted by Crippen LogP contribution is 2.10. The summed E-state index contributed by atoms with van der Waals surface area (Å²) in [5.74, 6) is 1.32. The van der Waals surface area contributed by atoms with Crippen molar-refractivity contribution in [2.75, 3.05) is 7.11 Å².